The molecule has 5 aliphatic rings. The first-order valence-corrected chi connectivity index (χ1v) is 12.4. The third kappa shape index (κ3) is 2.44. The van der Waals surface area contributed by atoms with Crippen molar-refractivity contribution in [1.82, 2.24) is 4.98 Å². The molecule has 2 saturated carbocycles. The predicted octanol–water partition coefficient (Wildman–Crippen LogP) is 3.78. The van der Waals surface area contributed by atoms with Crippen LogP contribution in [0.3, 0.4) is 0 Å². The number of ether oxygens (including phenoxy) is 1. The Morgan fingerprint density at radius 3 is 2.76 bits per heavy atom. The maximum Gasteiger partial charge on any atom is 0.119 e. The molecule has 3 aliphatic carbocycles. The third-order valence-electron chi connectivity index (χ3n) is 9.86. The number of benzene rings is 1. The molecule has 3 N–H and O–H groups in total. The van der Waals surface area contributed by atoms with Crippen LogP contribution in [0.25, 0.3) is 10.8 Å². The fourth-order valence-electron chi connectivity index (χ4n) is 8.32. The summed E-state index contributed by atoms with van der Waals surface area (Å²) in [6.45, 7) is 2.31. The van der Waals surface area contributed by atoms with Crippen LogP contribution < -0.4 is 0 Å². The first kappa shape index (κ1) is 20.3. The molecule has 5 nitrogen and oxygen atoms in total. The van der Waals surface area contributed by atoms with Gasteiger partial charge in [-0.1, -0.05) is 31.2 Å². The number of allylic oxidation sites excluding steroid dienone is 1. The van der Waals surface area contributed by atoms with Crippen molar-refractivity contribution >= 4 is 10.8 Å². The van der Waals surface area contributed by atoms with Crippen LogP contribution >= 0.6 is 0 Å². The number of pyridine rings is 1. The number of fused-ring (bicyclic) bond motifs is 2. The zero-order chi connectivity index (χ0) is 22.6. The van der Waals surface area contributed by atoms with Gasteiger partial charge in [0.15, 0.2) is 0 Å². The van der Waals surface area contributed by atoms with E-state index in [9.17, 15) is 15.3 Å². The number of hydrogen-bond donors (Lipinski definition) is 3. The first-order valence-electron chi connectivity index (χ1n) is 12.4. The second-order valence-corrected chi connectivity index (χ2v) is 11.3. The number of aromatic nitrogens is 1. The second-order valence-electron chi connectivity index (χ2n) is 11.3. The van der Waals surface area contributed by atoms with Crippen LogP contribution in [-0.4, -0.2) is 49.8 Å². The SMILES string of the molecule is C[C@]12CC=C3C=C4CC[C@@H](O)[C@@H](O)[C@]45CCC3(O5)[C@@H]1C[C@@H](O)C2c1ccc2ccncc2c1. The highest BCUT2D eigenvalue weighted by Crippen LogP contribution is 2.69. The van der Waals surface area contributed by atoms with Gasteiger partial charge >= 0.3 is 0 Å². The molecule has 172 valence electrons. The Balaban J connectivity index is 1.34. The summed E-state index contributed by atoms with van der Waals surface area (Å²) in [6, 6.07) is 8.51. The molecule has 2 aromatic rings. The van der Waals surface area contributed by atoms with Gasteiger partial charge in [-0.15, -0.1) is 0 Å². The van der Waals surface area contributed by atoms with Crippen LogP contribution in [0.2, 0.25) is 0 Å². The normalized spacial score (nSPS) is 45.8. The van der Waals surface area contributed by atoms with E-state index in [0.29, 0.717) is 12.8 Å². The number of aliphatic hydroxyl groups is 3. The van der Waals surface area contributed by atoms with E-state index < -0.39 is 29.5 Å². The van der Waals surface area contributed by atoms with Gasteiger partial charge in [-0.2, -0.15) is 0 Å². The molecule has 8 atom stereocenters. The summed E-state index contributed by atoms with van der Waals surface area (Å²) in [4.78, 5) is 4.29. The molecule has 5 heteroatoms. The standard InChI is InChI=1S/C28H31NO4/c1-26-8-6-20-13-19-4-5-21(30)25(32)28(19)10-9-27(20,33-28)23(26)14-22(31)24(26)17-3-2-16-7-11-29-15-18(16)12-17/h2-3,6-7,11-13,15,21-25,30-32H,4-5,8-10,14H2,1H3/t21-,22-,23-,24?,25-,26+,27?,28+/m1/s1. The molecule has 3 heterocycles. The largest absolute Gasteiger partial charge is 0.392 e. The first-order chi connectivity index (χ1) is 15.9. The van der Waals surface area contributed by atoms with Crippen molar-refractivity contribution < 1.29 is 20.1 Å². The number of nitrogens with zero attached hydrogens (tertiary/aromatic N) is 1. The van der Waals surface area contributed by atoms with Crippen LogP contribution in [0.15, 0.2) is 60.0 Å². The van der Waals surface area contributed by atoms with Crippen molar-refractivity contribution in [3.05, 3.63) is 65.5 Å². The van der Waals surface area contributed by atoms with Crippen LogP contribution in [0.1, 0.15) is 56.9 Å². The molecule has 3 fully saturated rings. The quantitative estimate of drug-likeness (QED) is 0.622. The molecule has 2 bridgehead atoms. The van der Waals surface area contributed by atoms with Gasteiger partial charge in [0.1, 0.15) is 11.7 Å². The molecule has 33 heavy (non-hydrogen) atoms. The van der Waals surface area contributed by atoms with Crippen molar-refractivity contribution in [3.8, 4) is 0 Å². The summed E-state index contributed by atoms with van der Waals surface area (Å²) in [5, 5.41) is 35.2. The summed E-state index contributed by atoms with van der Waals surface area (Å²) in [5.74, 6) is 0.157. The summed E-state index contributed by atoms with van der Waals surface area (Å²) in [7, 11) is 0. The maximum atomic E-state index is 11.4. The lowest BCUT2D eigenvalue weighted by Crippen LogP contribution is -2.59. The molecule has 2 spiro atoms. The van der Waals surface area contributed by atoms with Gasteiger partial charge in [-0.25, -0.2) is 0 Å². The lowest BCUT2D eigenvalue weighted by molar-refractivity contribution is -0.193. The Bertz CT molecular complexity index is 1220. The molecule has 7 rings (SSSR count). The van der Waals surface area contributed by atoms with Gasteiger partial charge in [-0.3, -0.25) is 4.98 Å². The smallest absolute Gasteiger partial charge is 0.119 e. The summed E-state index contributed by atoms with van der Waals surface area (Å²) < 4.78 is 6.98. The van der Waals surface area contributed by atoms with Crippen molar-refractivity contribution in [3.63, 3.8) is 0 Å². The highest BCUT2D eigenvalue weighted by atomic mass is 16.5. The monoisotopic (exact) mass is 445 g/mol. The summed E-state index contributed by atoms with van der Waals surface area (Å²) in [6.07, 6.45) is 10.7. The Hall–Kier alpha value is -2.05. The lowest BCUT2D eigenvalue weighted by atomic mass is 9.58. The molecule has 1 aromatic heterocycles. The van der Waals surface area contributed by atoms with E-state index in [-0.39, 0.29) is 17.3 Å². The van der Waals surface area contributed by atoms with Crippen LogP contribution in [0, 0.1) is 11.3 Å². The highest BCUT2D eigenvalue weighted by molar-refractivity contribution is 5.82. The molecule has 2 unspecified atom stereocenters. The zero-order valence-electron chi connectivity index (χ0n) is 18.9. The highest BCUT2D eigenvalue weighted by Gasteiger charge is 2.69. The Morgan fingerprint density at radius 2 is 1.88 bits per heavy atom. The van der Waals surface area contributed by atoms with Crippen LogP contribution in [0.5, 0.6) is 0 Å². The maximum absolute atomic E-state index is 11.4. The van der Waals surface area contributed by atoms with Gasteiger partial charge < -0.3 is 20.1 Å². The van der Waals surface area contributed by atoms with Gasteiger partial charge in [-0.05, 0) is 78.2 Å². The third-order valence-corrected chi connectivity index (χ3v) is 9.86. The topological polar surface area (TPSA) is 82.8 Å². The average molecular weight is 446 g/mol. The van der Waals surface area contributed by atoms with Gasteiger partial charge in [0.25, 0.3) is 0 Å². The van der Waals surface area contributed by atoms with E-state index in [0.717, 1.165) is 47.6 Å². The van der Waals surface area contributed by atoms with E-state index in [4.69, 9.17) is 4.74 Å². The molecule has 1 aromatic carbocycles. The summed E-state index contributed by atoms with van der Waals surface area (Å²) >= 11 is 0. The van der Waals surface area contributed by atoms with Gasteiger partial charge in [0.05, 0.1) is 17.8 Å². The van der Waals surface area contributed by atoms with Crippen molar-refractivity contribution in [2.45, 2.75) is 80.9 Å². The number of rotatable bonds is 1. The Kier molecular flexibility index (Phi) is 4.03. The molecular formula is C28H31NO4. The number of hydrogen-bond acceptors (Lipinski definition) is 5. The van der Waals surface area contributed by atoms with Gasteiger partial charge in [0, 0.05) is 29.6 Å². The van der Waals surface area contributed by atoms with E-state index in [1.165, 1.54) is 5.57 Å². The van der Waals surface area contributed by atoms with E-state index >= 15 is 0 Å². The van der Waals surface area contributed by atoms with E-state index in [2.05, 4.69) is 42.3 Å². The molecule has 0 radical (unpaired) electrons. The molecular weight excluding hydrogens is 414 g/mol. The minimum Gasteiger partial charge on any atom is -0.392 e. The van der Waals surface area contributed by atoms with Crippen LogP contribution in [-0.2, 0) is 4.74 Å². The van der Waals surface area contributed by atoms with Gasteiger partial charge in [0.2, 0.25) is 0 Å². The molecule has 2 aliphatic heterocycles. The van der Waals surface area contributed by atoms with E-state index in [1.54, 1.807) is 0 Å². The van der Waals surface area contributed by atoms with E-state index in [1.807, 2.05) is 18.5 Å². The number of aliphatic hydroxyl groups excluding tert-OH is 3. The second kappa shape index (κ2) is 6.54. The minimum atomic E-state index is -0.887. The molecule has 0 amide bonds. The fraction of sp³-hybridized carbons (Fsp3) is 0.536. The predicted molar refractivity (Wildman–Crippen MR) is 125 cm³/mol. The zero-order valence-corrected chi connectivity index (χ0v) is 18.9. The van der Waals surface area contributed by atoms with Crippen molar-refractivity contribution in [1.29, 1.82) is 0 Å². The molecule has 1 saturated heterocycles. The average Bonchev–Trinajstić information content (AvgIpc) is 3.29. The fourth-order valence-corrected chi connectivity index (χ4v) is 8.32. The van der Waals surface area contributed by atoms with Crippen molar-refractivity contribution in [2.75, 3.05) is 0 Å². The van der Waals surface area contributed by atoms with Crippen molar-refractivity contribution in [2.24, 2.45) is 11.3 Å². The lowest BCUT2D eigenvalue weighted by Gasteiger charge is -2.55. The van der Waals surface area contributed by atoms with Crippen LogP contribution in [0.4, 0.5) is 0 Å². The minimum absolute atomic E-state index is 0.00618. The summed E-state index contributed by atoms with van der Waals surface area (Å²) in [5.41, 5.74) is 2.10. The Labute approximate surface area is 193 Å². The Morgan fingerprint density at radius 1 is 1.03 bits per heavy atom.